The van der Waals surface area contributed by atoms with Crippen molar-refractivity contribution in [3.8, 4) is 0 Å². The molecule has 14 heavy (non-hydrogen) atoms. The smallest absolute Gasteiger partial charge is 0.394 e. The Balaban J connectivity index is 2.43. The second-order valence-corrected chi connectivity index (χ2v) is 4.18. The van der Waals surface area contributed by atoms with Crippen LogP contribution in [0.1, 0.15) is 26.7 Å². The van der Waals surface area contributed by atoms with E-state index in [2.05, 4.69) is 13.8 Å². The van der Waals surface area contributed by atoms with Crippen LogP contribution in [0.3, 0.4) is 0 Å². The molecule has 1 saturated heterocycles. The molecule has 1 aliphatic heterocycles. The molecule has 0 atom stereocenters. The summed E-state index contributed by atoms with van der Waals surface area (Å²) in [5.74, 6) is -0.842. The summed E-state index contributed by atoms with van der Waals surface area (Å²) in [5.41, 5.74) is 0. The minimum Gasteiger partial charge on any atom is -0.474 e. The average molecular weight is 199 g/mol. The summed E-state index contributed by atoms with van der Waals surface area (Å²) >= 11 is 0. The van der Waals surface area contributed by atoms with Crippen LogP contribution in [0.4, 0.5) is 0 Å². The molecule has 1 heterocycles. The van der Waals surface area contributed by atoms with Gasteiger partial charge < -0.3 is 10.0 Å². The van der Waals surface area contributed by atoms with Crippen LogP contribution in [-0.4, -0.2) is 35.0 Å². The van der Waals surface area contributed by atoms with Crippen LogP contribution in [0.2, 0.25) is 0 Å². The molecule has 0 saturated carbocycles. The molecule has 0 aromatic heterocycles. The van der Waals surface area contributed by atoms with Gasteiger partial charge in [0, 0.05) is 13.1 Å². The van der Waals surface area contributed by atoms with Gasteiger partial charge in [0.25, 0.3) is 0 Å². The zero-order valence-corrected chi connectivity index (χ0v) is 8.69. The Bertz CT molecular complexity index is 230. The van der Waals surface area contributed by atoms with Gasteiger partial charge >= 0.3 is 11.9 Å². The SMILES string of the molecule is CC(C)C1CCN(C(=O)C(=O)O)CC1. The maximum absolute atomic E-state index is 11.1. The van der Waals surface area contributed by atoms with Crippen molar-refractivity contribution < 1.29 is 14.7 Å². The summed E-state index contributed by atoms with van der Waals surface area (Å²) in [5, 5.41) is 8.52. The fourth-order valence-corrected chi connectivity index (χ4v) is 1.90. The van der Waals surface area contributed by atoms with Crippen molar-refractivity contribution >= 4 is 11.9 Å². The van der Waals surface area contributed by atoms with Gasteiger partial charge in [0.2, 0.25) is 0 Å². The normalized spacial score (nSPS) is 18.6. The number of hydrogen-bond acceptors (Lipinski definition) is 2. The standard InChI is InChI=1S/C10H17NO3/c1-7(2)8-3-5-11(6-4-8)9(12)10(13)14/h7-8H,3-6H2,1-2H3,(H,13,14). The number of amides is 1. The van der Waals surface area contributed by atoms with Crippen molar-refractivity contribution in [2.24, 2.45) is 11.8 Å². The van der Waals surface area contributed by atoms with Gasteiger partial charge in [-0.25, -0.2) is 4.79 Å². The lowest BCUT2D eigenvalue weighted by Crippen LogP contribution is -2.42. The van der Waals surface area contributed by atoms with Crippen molar-refractivity contribution in [2.45, 2.75) is 26.7 Å². The summed E-state index contributed by atoms with van der Waals surface area (Å²) in [6.07, 6.45) is 1.85. The average Bonchev–Trinajstić information content (AvgIpc) is 2.16. The molecule has 4 heteroatoms. The molecule has 1 fully saturated rings. The molecule has 1 rings (SSSR count). The Morgan fingerprint density at radius 3 is 2.14 bits per heavy atom. The highest BCUT2D eigenvalue weighted by atomic mass is 16.4. The van der Waals surface area contributed by atoms with E-state index in [0.717, 1.165) is 12.8 Å². The highest BCUT2D eigenvalue weighted by Gasteiger charge is 2.27. The number of likely N-dealkylation sites (tertiary alicyclic amines) is 1. The lowest BCUT2D eigenvalue weighted by atomic mass is 9.87. The molecule has 1 amide bonds. The number of rotatable bonds is 1. The van der Waals surface area contributed by atoms with Gasteiger partial charge in [-0.2, -0.15) is 0 Å². The van der Waals surface area contributed by atoms with Crippen LogP contribution in [0.15, 0.2) is 0 Å². The van der Waals surface area contributed by atoms with Gasteiger partial charge in [-0.15, -0.1) is 0 Å². The predicted molar refractivity (Wildman–Crippen MR) is 51.8 cm³/mol. The third kappa shape index (κ3) is 2.47. The van der Waals surface area contributed by atoms with Crippen molar-refractivity contribution in [3.05, 3.63) is 0 Å². The van der Waals surface area contributed by atoms with Gasteiger partial charge in [-0.05, 0) is 24.7 Å². The Hall–Kier alpha value is -1.06. The van der Waals surface area contributed by atoms with Crippen molar-refractivity contribution in [1.82, 2.24) is 4.90 Å². The molecule has 1 aliphatic rings. The number of piperidine rings is 1. The molecular weight excluding hydrogens is 182 g/mol. The molecule has 0 radical (unpaired) electrons. The van der Waals surface area contributed by atoms with Crippen LogP contribution in [-0.2, 0) is 9.59 Å². The van der Waals surface area contributed by atoms with E-state index in [1.807, 2.05) is 0 Å². The monoisotopic (exact) mass is 199 g/mol. The zero-order chi connectivity index (χ0) is 10.7. The second-order valence-electron chi connectivity index (χ2n) is 4.18. The minimum absolute atomic E-state index is 0.591. The zero-order valence-electron chi connectivity index (χ0n) is 8.69. The predicted octanol–water partition coefficient (Wildman–Crippen LogP) is 0.966. The van der Waals surface area contributed by atoms with Crippen LogP contribution in [0.5, 0.6) is 0 Å². The fourth-order valence-electron chi connectivity index (χ4n) is 1.90. The molecular formula is C10H17NO3. The molecule has 0 unspecified atom stereocenters. The largest absolute Gasteiger partial charge is 0.474 e. The first-order valence-corrected chi connectivity index (χ1v) is 5.04. The summed E-state index contributed by atoms with van der Waals surface area (Å²) in [4.78, 5) is 23.0. The first-order valence-electron chi connectivity index (χ1n) is 5.04. The second kappa shape index (κ2) is 4.44. The number of aliphatic carboxylic acids is 1. The topological polar surface area (TPSA) is 57.6 Å². The highest BCUT2D eigenvalue weighted by molar-refractivity contribution is 6.31. The van der Waals surface area contributed by atoms with Crippen LogP contribution >= 0.6 is 0 Å². The first kappa shape index (κ1) is 11.0. The molecule has 0 aromatic rings. The van der Waals surface area contributed by atoms with E-state index in [1.54, 1.807) is 0 Å². The maximum atomic E-state index is 11.1. The van der Waals surface area contributed by atoms with Crippen molar-refractivity contribution in [1.29, 1.82) is 0 Å². The minimum atomic E-state index is -1.34. The first-order chi connectivity index (χ1) is 6.52. The highest BCUT2D eigenvalue weighted by Crippen LogP contribution is 2.24. The van der Waals surface area contributed by atoms with Gasteiger partial charge in [0.15, 0.2) is 0 Å². The van der Waals surface area contributed by atoms with E-state index in [1.165, 1.54) is 4.90 Å². The molecule has 0 aliphatic carbocycles. The summed E-state index contributed by atoms with van der Waals surface area (Å²) in [6.45, 7) is 5.51. The quantitative estimate of drug-likeness (QED) is 0.640. The number of carboxylic acid groups (broad SMARTS) is 1. The van der Waals surface area contributed by atoms with Crippen molar-refractivity contribution in [2.75, 3.05) is 13.1 Å². The Kier molecular flexibility index (Phi) is 3.49. The maximum Gasteiger partial charge on any atom is 0.394 e. The fraction of sp³-hybridized carbons (Fsp3) is 0.800. The Morgan fingerprint density at radius 1 is 1.29 bits per heavy atom. The van der Waals surface area contributed by atoms with Crippen LogP contribution < -0.4 is 0 Å². The van der Waals surface area contributed by atoms with Crippen molar-refractivity contribution in [3.63, 3.8) is 0 Å². The third-order valence-corrected chi connectivity index (χ3v) is 2.95. The van der Waals surface area contributed by atoms with Gasteiger partial charge in [0.05, 0.1) is 0 Å². The summed E-state index contributed by atoms with van der Waals surface area (Å²) in [6, 6.07) is 0. The van der Waals surface area contributed by atoms with Gasteiger partial charge in [0.1, 0.15) is 0 Å². The van der Waals surface area contributed by atoms with Crippen LogP contribution in [0, 0.1) is 11.8 Å². The summed E-state index contributed by atoms with van der Waals surface area (Å²) in [7, 11) is 0. The van der Waals surface area contributed by atoms with Gasteiger partial charge in [-0.3, -0.25) is 4.79 Å². The van der Waals surface area contributed by atoms with E-state index in [0.29, 0.717) is 24.9 Å². The van der Waals surface area contributed by atoms with Crippen LogP contribution in [0.25, 0.3) is 0 Å². The number of carbonyl (C=O) groups excluding carboxylic acids is 1. The third-order valence-electron chi connectivity index (χ3n) is 2.95. The summed E-state index contributed by atoms with van der Waals surface area (Å²) < 4.78 is 0. The van der Waals surface area contributed by atoms with Gasteiger partial charge in [-0.1, -0.05) is 13.8 Å². The van der Waals surface area contributed by atoms with E-state index in [4.69, 9.17) is 5.11 Å². The number of carboxylic acids is 1. The molecule has 1 N–H and O–H groups in total. The van der Waals surface area contributed by atoms with E-state index in [-0.39, 0.29) is 0 Å². The number of nitrogens with zero attached hydrogens (tertiary/aromatic N) is 1. The molecule has 0 spiro atoms. The molecule has 0 aromatic carbocycles. The molecule has 0 bridgehead atoms. The lowest BCUT2D eigenvalue weighted by molar-refractivity contribution is -0.156. The van der Waals surface area contributed by atoms with E-state index >= 15 is 0 Å². The number of hydrogen-bond donors (Lipinski definition) is 1. The van der Waals surface area contributed by atoms with E-state index in [9.17, 15) is 9.59 Å². The number of carbonyl (C=O) groups is 2. The van der Waals surface area contributed by atoms with E-state index < -0.39 is 11.9 Å². The Labute approximate surface area is 83.9 Å². The Morgan fingerprint density at radius 2 is 1.79 bits per heavy atom. The molecule has 80 valence electrons. The lowest BCUT2D eigenvalue weighted by Gasteiger charge is -2.32. The molecule has 4 nitrogen and oxygen atoms in total.